The highest BCUT2D eigenvalue weighted by atomic mass is 16.4. The molecule has 1 N–H and O–H groups in total. The zero-order chi connectivity index (χ0) is 14.7. The Morgan fingerprint density at radius 1 is 1.10 bits per heavy atom. The Morgan fingerprint density at radius 2 is 1.81 bits per heavy atom. The summed E-state index contributed by atoms with van der Waals surface area (Å²) < 4.78 is 3.79. The Morgan fingerprint density at radius 3 is 2.48 bits per heavy atom. The van der Waals surface area contributed by atoms with Crippen LogP contribution in [-0.2, 0) is 11.2 Å². The molecule has 3 aromatic rings. The Hall–Kier alpha value is -2.82. The van der Waals surface area contributed by atoms with E-state index in [4.69, 9.17) is 5.11 Å². The van der Waals surface area contributed by atoms with E-state index in [1.165, 1.54) is 0 Å². The number of rotatable bonds is 5. The van der Waals surface area contributed by atoms with E-state index in [0.29, 0.717) is 6.42 Å². The fraction of sp³-hybridized carbons (Fsp3) is 0.125. The molecular formula is C16H15N3O2. The molecule has 0 bridgehead atoms. The minimum Gasteiger partial charge on any atom is -0.481 e. The van der Waals surface area contributed by atoms with Crippen LogP contribution in [0.5, 0.6) is 0 Å². The number of hydrogen-bond acceptors (Lipinski definition) is 2. The van der Waals surface area contributed by atoms with Gasteiger partial charge in [0.1, 0.15) is 5.82 Å². The summed E-state index contributed by atoms with van der Waals surface area (Å²) in [5, 5.41) is 13.3. The van der Waals surface area contributed by atoms with Gasteiger partial charge in [-0.05, 0) is 30.7 Å². The van der Waals surface area contributed by atoms with Crippen molar-refractivity contribution in [1.29, 1.82) is 0 Å². The molecule has 0 amide bonds. The molecule has 0 aliphatic heterocycles. The standard InChI is InChI=1S/C16H15N3O2/c20-15(21)9-8-13-12-17-19(14-6-2-1-3-7-14)16(13)18-10-4-5-11-18/h1-7,10-12H,8-9H2,(H,20,21). The van der Waals surface area contributed by atoms with Crippen LogP contribution in [0.3, 0.4) is 0 Å². The predicted molar refractivity (Wildman–Crippen MR) is 78.8 cm³/mol. The van der Waals surface area contributed by atoms with Crippen molar-refractivity contribution in [3.05, 3.63) is 66.6 Å². The Balaban J connectivity index is 2.07. The van der Waals surface area contributed by atoms with Gasteiger partial charge in [0, 0.05) is 24.4 Å². The van der Waals surface area contributed by atoms with Crippen molar-refractivity contribution >= 4 is 5.97 Å². The first-order valence-electron chi connectivity index (χ1n) is 6.73. The van der Waals surface area contributed by atoms with Crippen LogP contribution >= 0.6 is 0 Å². The fourth-order valence-corrected chi connectivity index (χ4v) is 2.30. The van der Waals surface area contributed by atoms with E-state index in [1.807, 2.05) is 64.1 Å². The molecule has 5 heteroatoms. The molecule has 0 fully saturated rings. The Kier molecular flexibility index (Phi) is 3.55. The van der Waals surface area contributed by atoms with Gasteiger partial charge in [-0.1, -0.05) is 18.2 Å². The summed E-state index contributed by atoms with van der Waals surface area (Å²) in [6.45, 7) is 0. The van der Waals surface area contributed by atoms with Gasteiger partial charge in [0.25, 0.3) is 0 Å². The summed E-state index contributed by atoms with van der Waals surface area (Å²) in [6, 6.07) is 13.7. The molecule has 1 aromatic carbocycles. The number of aromatic nitrogens is 3. The van der Waals surface area contributed by atoms with Gasteiger partial charge in [0.2, 0.25) is 0 Å². The second-order valence-corrected chi connectivity index (χ2v) is 4.72. The van der Waals surface area contributed by atoms with Gasteiger partial charge < -0.3 is 9.67 Å². The lowest BCUT2D eigenvalue weighted by Gasteiger charge is -2.10. The van der Waals surface area contributed by atoms with Crippen LogP contribution < -0.4 is 0 Å². The van der Waals surface area contributed by atoms with Gasteiger partial charge in [0.05, 0.1) is 11.9 Å². The third kappa shape index (κ3) is 2.72. The number of carboxylic acids is 1. The third-order valence-electron chi connectivity index (χ3n) is 3.27. The number of carbonyl (C=O) groups is 1. The Bertz CT molecular complexity index is 730. The molecule has 2 aromatic heterocycles. The van der Waals surface area contributed by atoms with E-state index >= 15 is 0 Å². The number of aryl methyl sites for hydroxylation is 1. The summed E-state index contributed by atoms with van der Waals surface area (Å²) in [6.07, 6.45) is 6.15. The molecule has 3 rings (SSSR count). The minimum absolute atomic E-state index is 0.0920. The highest BCUT2D eigenvalue weighted by Crippen LogP contribution is 2.20. The zero-order valence-corrected chi connectivity index (χ0v) is 11.4. The normalized spacial score (nSPS) is 10.7. The SMILES string of the molecule is O=C(O)CCc1cnn(-c2ccccc2)c1-n1cccc1. The molecule has 0 spiro atoms. The molecule has 0 aliphatic rings. The maximum atomic E-state index is 10.8. The second kappa shape index (κ2) is 5.66. The Labute approximate surface area is 122 Å². The van der Waals surface area contributed by atoms with Crippen molar-refractivity contribution in [2.75, 3.05) is 0 Å². The zero-order valence-electron chi connectivity index (χ0n) is 11.4. The molecule has 5 nitrogen and oxygen atoms in total. The maximum absolute atomic E-state index is 10.8. The molecule has 2 heterocycles. The number of para-hydroxylation sites is 1. The highest BCUT2D eigenvalue weighted by Gasteiger charge is 2.14. The number of carboxylic acid groups (broad SMARTS) is 1. The third-order valence-corrected chi connectivity index (χ3v) is 3.27. The minimum atomic E-state index is -0.805. The molecule has 106 valence electrons. The van der Waals surface area contributed by atoms with Crippen molar-refractivity contribution < 1.29 is 9.90 Å². The number of benzene rings is 1. The van der Waals surface area contributed by atoms with Gasteiger partial charge in [-0.15, -0.1) is 0 Å². The quantitative estimate of drug-likeness (QED) is 0.782. The molecule has 0 unspecified atom stereocenters. The van der Waals surface area contributed by atoms with E-state index in [9.17, 15) is 4.79 Å². The highest BCUT2D eigenvalue weighted by molar-refractivity contribution is 5.67. The summed E-state index contributed by atoms with van der Waals surface area (Å²) in [5.41, 5.74) is 1.86. The first kappa shape index (κ1) is 13.2. The van der Waals surface area contributed by atoms with Crippen LogP contribution in [0.25, 0.3) is 11.5 Å². The van der Waals surface area contributed by atoms with E-state index < -0.39 is 5.97 Å². The summed E-state index contributed by atoms with van der Waals surface area (Å²) in [7, 11) is 0. The predicted octanol–water partition coefficient (Wildman–Crippen LogP) is 2.68. The summed E-state index contributed by atoms with van der Waals surface area (Å²) >= 11 is 0. The topological polar surface area (TPSA) is 60.0 Å². The number of aliphatic carboxylic acids is 1. The number of hydrogen-bond donors (Lipinski definition) is 1. The van der Waals surface area contributed by atoms with Crippen molar-refractivity contribution in [3.8, 4) is 11.5 Å². The van der Waals surface area contributed by atoms with Crippen LogP contribution in [0.2, 0.25) is 0 Å². The summed E-state index contributed by atoms with van der Waals surface area (Å²) in [5.74, 6) is 0.0772. The monoisotopic (exact) mass is 281 g/mol. The molecule has 0 saturated heterocycles. The van der Waals surface area contributed by atoms with Gasteiger partial charge in [-0.25, -0.2) is 4.68 Å². The van der Waals surface area contributed by atoms with Crippen LogP contribution in [-0.4, -0.2) is 25.4 Å². The van der Waals surface area contributed by atoms with E-state index in [-0.39, 0.29) is 6.42 Å². The fourth-order valence-electron chi connectivity index (χ4n) is 2.30. The lowest BCUT2D eigenvalue weighted by molar-refractivity contribution is -0.136. The van der Waals surface area contributed by atoms with Crippen LogP contribution in [0, 0.1) is 0 Å². The molecule has 0 saturated carbocycles. The lowest BCUT2D eigenvalue weighted by Crippen LogP contribution is -2.06. The van der Waals surface area contributed by atoms with Crippen LogP contribution in [0.4, 0.5) is 0 Å². The van der Waals surface area contributed by atoms with E-state index in [2.05, 4.69) is 5.10 Å². The lowest BCUT2D eigenvalue weighted by atomic mass is 10.2. The van der Waals surface area contributed by atoms with Crippen molar-refractivity contribution in [2.45, 2.75) is 12.8 Å². The molecule has 0 aliphatic carbocycles. The van der Waals surface area contributed by atoms with Gasteiger partial charge in [-0.2, -0.15) is 5.10 Å². The second-order valence-electron chi connectivity index (χ2n) is 4.72. The van der Waals surface area contributed by atoms with Crippen LogP contribution in [0.1, 0.15) is 12.0 Å². The van der Waals surface area contributed by atoms with Crippen LogP contribution in [0.15, 0.2) is 61.1 Å². The molecule has 21 heavy (non-hydrogen) atoms. The first-order valence-corrected chi connectivity index (χ1v) is 6.73. The number of nitrogens with zero attached hydrogens (tertiary/aromatic N) is 3. The molecule has 0 atom stereocenters. The largest absolute Gasteiger partial charge is 0.481 e. The van der Waals surface area contributed by atoms with Gasteiger partial charge in [0.15, 0.2) is 0 Å². The van der Waals surface area contributed by atoms with E-state index in [0.717, 1.165) is 17.1 Å². The van der Waals surface area contributed by atoms with Gasteiger partial charge in [-0.3, -0.25) is 4.79 Å². The van der Waals surface area contributed by atoms with Crippen molar-refractivity contribution in [2.24, 2.45) is 0 Å². The average Bonchev–Trinajstić information content (AvgIpc) is 3.15. The van der Waals surface area contributed by atoms with Crippen molar-refractivity contribution in [3.63, 3.8) is 0 Å². The maximum Gasteiger partial charge on any atom is 0.303 e. The summed E-state index contributed by atoms with van der Waals surface area (Å²) in [4.78, 5) is 10.8. The van der Waals surface area contributed by atoms with E-state index in [1.54, 1.807) is 6.20 Å². The van der Waals surface area contributed by atoms with Gasteiger partial charge >= 0.3 is 5.97 Å². The van der Waals surface area contributed by atoms with Crippen molar-refractivity contribution in [1.82, 2.24) is 14.3 Å². The molecular weight excluding hydrogens is 266 g/mol. The average molecular weight is 281 g/mol. The molecule has 0 radical (unpaired) electrons. The smallest absolute Gasteiger partial charge is 0.303 e. The first-order chi connectivity index (χ1) is 10.3.